The molecule has 2 fully saturated rings. The van der Waals surface area contributed by atoms with Crippen LogP contribution >= 0.6 is 0 Å². The van der Waals surface area contributed by atoms with Crippen LogP contribution in [0.5, 0.6) is 5.75 Å². The van der Waals surface area contributed by atoms with Gasteiger partial charge >= 0.3 is 0 Å². The van der Waals surface area contributed by atoms with Gasteiger partial charge in [-0.05, 0) is 43.4 Å². The second-order valence-electron chi connectivity index (χ2n) is 5.72. The second-order valence-corrected chi connectivity index (χ2v) is 5.72. The molecule has 0 saturated carbocycles. The summed E-state index contributed by atoms with van der Waals surface area (Å²) in [7, 11) is 0. The van der Waals surface area contributed by atoms with E-state index in [4.69, 9.17) is 0 Å². The zero-order chi connectivity index (χ0) is 13.2. The molecule has 2 bridgehead atoms. The average molecular weight is 260 g/mol. The highest BCUT2D eigenvalue weighted by molar-refractivity contribution is 5.79. The van der Waals surface area contributed by atoms with Gasteiger partial charge in [-0.15, -0.1) is 0 Å². The molecule has 3 rings (SSSR count). The van der Waals surface area contributed by atoms with Crippen molar-refractivity contribution in [1.29, 1.82) is 0 Å². The van der Waals surface area contributed by atoms with E-state index in [0.717, 1.165) is 18.4 Å². The number of benzene rings is 1. The number of fused-ring (bicyclic) bond motifs is 2. The van der Waals surface area contributed by atoms with Crippen LogP contribution in [0.2, 0.25) is 0 Å². The first-order valence-electron chi connectivity index (χ1n) is 7.02. The molecule has 1 aromatic rings. The van der Waals surface area contributed by atoms with E-state index in [1.807, 2.05) is 6.07 Å². The lowest BCUT2D eigenvalue weighted by molar-refractivity contribution is -0.121. The Kier molecular flexibility index (Phi) is 3.42. The number of piperidine rings is 1. The van der Waals surface area contributed by atoms with Crippen LogP contribution in [0.4, 0.5) is 0 Å². The molecule has 2 unspecified atom stereocenters. The molecule has 19 heavy (non-hydrogen) atoms. The number of aromatic hydroxyl groups is 1. The predicted molar refractivity (Wildman–Crippen MR) is 72.9 cm³/mol. The van der Waals surface area contributed by atoms with Crippen molar-refractivity contribution in [3.63, 3.8) is 0 Å². The molecule has 2 atom stereocenters. The number of amides is 1. The lowest BCUT2D eigenvalue weighted by Gasteiger charge is -2.29. The molecule has 0 spiro atoms. The van der Waals surface area contributed by atoms with Crippen LogP contribution in [-0.4, -0.2) is 29.1 Å². The quantitative estimate of drug-likeness (QED) is 0.768. The summed E-state index contributed by atoms with van der Waals surface area (Å²) in [6, 6.07) is 8.38. The Morgan fingerprint density at radius 1 is 1.32 bits per heavy atom. The standard InChI is InChI=1S/C15H20N2O2/c18-14-3-1-2-10(6-14)7-15(19)17-13-8-11-4-5-12(9-13)16-11/h1-3,6,11-13,16,18H,4-5,7-9H2,(H,17,19). The van der Waals surface area contributed by atoms with E-state index in [0.29, 0.717) is 24.5 Å². The van der Waals surface area contributed by atoms with E-state index in [9.17, 15) is 9.90 Å². The van der Waals surface area contributed by atoms with E-state index in [-0.39, 0.29) is 11.7 Å². The first kappa shape index (κ1) is 12.5. The smallest absolute Gasteiger partial charge is 0.224 e. The largest absolute Gasteiger partial charge is 0.508 e. The Morgan fingerprint density at radius 3 is 2.74 bits per heavy atom. The molecule has 0 aliphatic carbocycles. The number of hydrogen-bond acceptors (Lipinski definition) is 3. The van der Waals surface area contributed by atoms with Crippen LogP contribution in [-0.2, 0) is 11.2 Å². The number of hydrogen-bond donors (Lipinski definition) is 3. The molecule has 4 nitrogen and oxygen atoms in total. The van der Waals surface area contributed by atoms with Crippen molar-refractivity contribution >= 4 is 5.91 Å². The number of nitrogens with one attached hydrogen (secondary N) is 2. The van der Waals surface area contributed by atoms with Crippen molar-refractivity contribution in [3.8, 4) is 5.75 Å². The molecule has 0 aromatic heterocycles. The minimum Gasteiger partial charge on any atom is -0.508 e. The van der Waals surface area contributed by atoms with Crippen molar-refractivity contribution in [2.24, 2.45) is 0 Å². The molecular weight excluding hydrogens is 240 g/mol. The fraction of sp³-hybridized carbons (Fsp3) is 0.533. The zero-order valence-corrected chi connectivity index (χ0v) is 10.9. The summed E-state index contributed by atoms with van der Waals surface area (Å²) in [4.78, 5) is 12.0. The number of rotatable bonds is 3. The summed E-state index contributed by atoms with van der Waals surface area (Å²) in [6.07, 6.45) is 4.91. The van der Waals surface area contributed by atoms with Gasteiger partial charge in [0.2, 0.25) is 5.91 Å². The van der Waals surface area contributed by atoms with E-state index in [1.165, 1.54) is 12.8 Å². The molecule has 0 radical (unpaired) electrons. The molecule has 2 saturated heterocycles. The molecule has 1 amide bonds. The fourth-order valence-electron chi connectivity index (χ4n) is 3.31. The molecule has 2 heterocycles. The summed E-state index contributed by atoms with van der Waals surface area (Å²) in [5.41, 5.74) is 0.856. The van der Waals surface area contributed by atoms with Gasteiger partial charge in [0.25, 0.3) is 0 Å². The summed E-state index contributed by atoms with van der Waals surface area (Å²) < 4.78 is 0. The van der Waals surface area contributed by atoms with Gasteiger partial charge in [0.15, 0.2) is 0 Å². The third-order valence-electron chi connectivity index (χ3n) is 4.11. The first-order chi connectivity index (χ1) is 9.19. The average Bonchev–Trinajstić information content (AvgIpc) is 2.68. The van der Waals surface area contributed by atoms with Gasteiger partial charge < -0.3 is 15.7 Å². The van der Waals surface area contributed by atoms with Gasteiger partial charge in [-0.3, -0.25) is 4.79 Å². The van der Waals surface area contributed by atoms with Crippen molar-refractivity contribution in [2.75, 3.05) is 0 Å². The van der Waals surface area contributed by atoms with E-state index < -0.39 is 0 Å². The SMILES string of the molecule is O=C(Cc1cccc(O)c1)NC1CC2CCC(C1)N2. The molecule has 2 aliphatic heterocycles. The first-order valence-corrected chi connectivity index (χ1v) is 7.02. The summed E-state index contributed by atoms with van der Waals surface area (Å²) in [6.45, 7) is 0. The van der Waals surface area contributed by atoms with Crippen molar-refractivity contribution in [2.45, 2.75) is 50.2 Å². The molecule has 2 aliphatic rings. The molecule has 3 N–H and O–H groups in total. The highest BCUT2D eigenvalue weighted by Crippen LogP contribution is 2.26. The Hall–Kier alpha value is -1.55. The lowest BCUT2D eigenvalue weighted by atomic mass is 9.99. The lowest BCUT2D eigenvalue weighted by Crippen LogP contribution is -2.48. The van der Waals surface area contributed by atoms with Crippen LogP contribution in [0.15, 0.2) is 24.3 Å². The van der Waals surface area contributed by atoms with Crippen LogP contribution in [0.3, 0.4) is 0 Å². The highest BCUT2D eigenvalue weighted by atomic mass is 16.3. The van der Waals surface area contributed by atoms with Gasteiger partial charge in [0.05, 0.1) is 6.42 Å². The van der Waals surface area contributed by atoms with Crippen molar-refractivity contribution in [1.82, 2.24) is 10.6 Å². The predicted octanol–water partition coefficient (Wildman–Crippen LogP) is 1.33. The minimum atomic E-state index is 0.0527. The maximum Gasteiger partial charge on any atom is 0.224 e. The van der Waals surface area contributed by atoms with Crippen LogP contribution in [0, 0.1) is 0 Å². The molecular formula is C15H20N2O2. The normalized spacial score (nSPS) is 29.2. The van der Waals surface area contributed by atoms with Gasteiger partial charge in [-0.25, -0.2) is 0 Å². The highest BCUT2D eigenvalue weighted by Gasteiger charge is 2.33. The maximum absolute atomic E-state index is 12.0. The Balaban J connectivity index is 1.54. The third kappa shape index (κ3) is 3.07. The zero-order valence-electron chi connectivity index (χ0n) is 10.9. The van der Waals surface area contributed by atoms with E-state index in [2.05, 4.69) is 10.6 Å². The Morgan fingerprint density at radius 2 is 2.05 bits per heavy atom. The fourth-order valence-corrected chi connectivity index (χ4v) is 3.31. The van der Waals surface area contributed by atoms with E-state index >= 15 is 0 Å². The van der Waals surface area contributed by atoms with Gasteiger partial charge in [-0.1, -0.05) is 12.1 Å². The van der Waals surface area contributed by atoms with Gasteiger partial charge in [0.1, 0.15) is 5.75 Å². The van der Waals surface area contributed by atoms with Gasteiger partial charge in [0, 0.05) is 18.1 Å². The molecule has 1 aromatic carbocycles. The number of carbonyl (C=O) groups excluding carboxylic acids is 1. The summed E-state index contributed by atoms with van der Waals surface area (Å²) >= 11 is 0. The number of phenolic OH excluding ortho intramolecular Hbond substituents is 1. The topological polar surface area (TPSA) is 61.4 Å². The minimum absolute atomic E-state index is 0.0527. The number of carbonyl (C=O) groups is 1. The van der Waals surface area contributed by atoms with Crippen LogP contribution < -0.4 is 10.6 Å². The monoisotopic (exact) mass is 260 g/mol. The molecule has 102 valence electrons. The summed E-state index contributed by atoms with van der Waals surface area (Å²) in [5, 5.41) is 16.1. The maximum atomic E-state index is 12.0. The Bertz CT molecular complexity index is 463. The van der Waals surface area contributed by atoms with Crippen LogP contribution in [0.1, 0.15) is 31.2 Å². The Labute approximate surface area is 113 Å². The van der Waals surface area contributed by atoms with Crippen molar-refractivity contribution in [3.05, 3.63) is 29.8 Å². The second kappa shape index (κ2) is 5.21. The summed E-state index contributed by atoms with van der Waals surface area (Å²) in [5.74, 6) is 0.266. The van der Waals surface area contributed by atoms with Gasteiger partial charge in [-0.2, -0.15) is 0 Å². The third-order valence-corrected chi connectivity index (χ3v) is 4.11. The van der Waals surface area contributed by atoms with Crippen LogP contribution in [0.25, 0.3) is 0 Å². The van der Waals surface area contributed by atoms with Crippen molar-refractivity contribution < 1.29 is 9.90 Å². The molecule has 4 heteroatoms. The number of phenols is 1. The van der Waals surface area contributed by atoms with E-state index in [1.54, 1.807) is 18.2 Å².